The van der Waals surface area contributed by atoms with Crippen molar-refractivity contribution >= 4 is 0 Å². The van der Waals surface area contributed by atoms with E-state index in [4.69, 9.17) is 9.47 Å². The van der Waals surface area contributed by atoms with Gasteiger partial charge in [0, 0.05) is 6.42 Å². The molecule has 0 saturated carbocycles. The van der Waals surface area contributed by atoms with Gasteiger partial charge in [0.2, 0.25) is 0 Å². The summed E-state index contributed by atoms with van der Waals surface area (Å²) in [5, 5.41) is 0. The zero-order valence-electron chi connectivity index (χ0n) is 9.14. The summed E-state index contributed by atoms with van der Waals surface area (Å²) in [4.78, 5) is 0. The molecule has 2 atom stereocenters. The second-order valence-electron chi connectivity index (χ2n) is 4.18. The van der Waals surface area contributed by atoms with E-state index >= 15 is 0 Å². The highest BCUT2D eigenvalue weighted by Gasteiger charge is 2.34. The van der Waals surface area contributed by atoms with Crippen LogP contribution in [0.15, 0.2) is 0 Å². The van der Waals surface area contributed by atoms with Gasteiger partial charge in [0.25, 0.3) is 0 Å². The van der Waals surface area contributed by atoms with Gasteiger partial charge in [-0.1, -0.05) is 26.2 Å². The van der Waals surface area contributed by atoms with Gasteiger partial charge in [-0.15, -0.1) is 0 Å². The van der Waals surface area contributed by atoms with Crippen LogP contribution in [0.4, 0.5) is 0 Å². The summed E-state index contributed by atoms with van der Waals surface area (Å²) in [5.74, 6) is -0.285. The first-order valence-electron chi connectivity index (χ1n) is 5.48. The maximum absolute atomic E-state index is 5.71. The van der Waals surface area contributed by atoms with E-state index in [0.717, 1.165) is 13.0 Å². The van der Waals surface area contributed by atoms with E-state index in [1.165, 1.54) is 25.7 Å². The lowest BCUT2D eigenvalue weighted by Gasteiger charge is -2.22. The summed E-state index contributed by atoms with van der Waals surface area (Å²) in [6.45, 7) is 7.11. The summed E-state index contributed by atoms with van der Waals surface area (Å²) < 4.78 is 11.3. The average Bonchev–Trinajstić information content (AvgIpc) is 2.41. The lowest BCUT2D eigenvalue weighted by Crippen LogP contribution is -2.25. The largest absolute Gasteiger partial charge is 0.348 e. The second-order valence-corrected chi connectivity index (χ2v) is 4.18. The molecular formula is C11H22O2. The van der Waals surface area contributed by atoms with Crippen molar-refractivity contribution in [1.82, 2.24) is 0 Å². The number of hydrogen-bond acceptors (Lipinski definition) is 2. The predicted molar refractivity (Wildman–Crippen MR) is 53.7 cm³/mol. The molecule has 2 heteroatoms. The Labute approximate surface area is 81.6 Å². The Hall–Kier alpha value is -0.0800. The molecule has 13 heavy (non-hydrogen) atoms. The first-order chi connectivity index (χ1) is 6.16. The van der Waals surface area contributed by atoms with Crippen LogP contribution in [0.1, 0.15) is 52.9 Å². The molecule has 0 amide bonds. The van der Waals surface area contributed by atoms with Crippen LogP contribution in [-0.4, -0.2) is 18.5 Å². The van der Waals surface area contributed by atoms with Crippen molar-refractivity contribution in [3.8, 4) is 0 Å². The summed E-state index contributed by atoms with van der Waals surface area (Å²) >= 11 is 0. The van der Waals surface area contributed by atoms with Gasteiger partial charge in [-0.25, -0.2) is 0 Å². The van der Waals surface area contributed by atoms with Gasteiger partial charge in [0.05, 0.1) is 12.7 Å². The number of hydrogen-bond donors (Lipinski definition) is 0. The van der Waals surface area contributed by atoms with E-state index in [1.807, 2.05) is 0 Å². The third-order valence-electron chi connectivity index (χ3n) is 2.56. The Morgan fingerprint density at radius 3 is 2.62 bits per heavy atom. The maximum atomic E-state index is 5.71. The molecule has 1 heterocycles. The van der Waals surface area contributed by atoms with Crippen molar-refractivity contribution < 1.29 is 9.47 Å². The monoisotopic (exact) mass is 186 g/mol. The molecule has 0 bridgehead atoms. The molecule has 1 rings (SSSR count). The normalized spacial score (nSPS) is 33.9. The van der Waals surface area contributed by atoms with Crippen LogP contribution in [0.5, 0.6) is 0 Å². The summed E-state index contributed by atoms with van der Waals surface area (Å²) in [6, 6.07) is 0. The van der Waals surface area contributed by atoms with E-state index in [1.54, 1.807) is 0 Å². The fraction of sp³-hybridized carbons (Fsp3) is 1.00. The van der Waals surface area contributed by atoms with Gasteiger partial charge < -0.3 is 9.47 Å². The quantitative estimate of drug-likeness (QED) is 0.614. The Morgan fingerprint density at radius 1 is 1.31 bits per heavy atom. The number of unbranched alkanes of at least 4 members (excludes halogenated alkanes) is 3. The van der Waals surface area contributed by atoms with Gasteiger partial charge >= 0.3 is 0 Å². The lowest BCUT2D eigenvalue weighted by molar-refractivity contribution is -0.157. The van der Waals surface area contributed by atoms with Gasteiger partial charge in [-0.3, -0.25) is 0 Å². The molecule has 0 aromatic rings. The van der Waals surface area contributed by atoms with E-state index in [2.05, 4.69) is 20.8 Å². The van der Waals surface area contributed by atoms with E-state index < -0.39 is 0 Å². The van der Waals surface area contributed by atoms with Crippen molar-refractivity contribution in [2.75, 3.05) is 6.61 Å². The molecule has 2 nitrogen and oxygen atoms in total. The minimum Gasteiger partial charge on any atom is -0.348 e. The lowest BCUT2D eigenvalue weighted by atomic mass is 10.1. The third-order valence-corrected chi connectivity index (χ3v) is 2.56. The fourth-order valence-corrected chi connectivity index (χ4v) is 1.79. The van der Waals surface area contributed by atoms with Crippen LogP contribution in [0.3, 0.4) is 0 Å². The van der Waals surface area contributed by atoms with Crippen LogP contribution >= 0.6 is 0 Å². The smallest absolute Gasteiger partial charge is 0.166 e. The molecule has 0 spiro atoms. The number of rotatable bonds is 5. The van der Waals surface area contributed by atoms with Gasteiger partial charge in [-0.05, 0) is 20.3 Å². The summed E-state index contributed by atoms with van der Waals surface area (Å²) in [6.07, 6.45) is 6.44. The van der Waals surface area contributed by atoms with E-state index in [0.29, 0.717) is 0 Å². The minimum atomic E-state index is -0.285. The topological polar surface area (TPSA) is 18.5 Å². The molecule has 1 saturated heterocycles. The van der Waals surface area contributed by atoms with Crippen LogP contribution in [0.2, 0.25) is 0 Å². The average molecular weight is 186 g/mol. The van der Waals surface area contributed by atoms with Crippen molar-refractivity contribution in [3.05, 3.63) is 0 Å². The highest BCUT2D eigenvalue weighted by atomic mass is 16.7. The van der Waals surface area contributed by atoms with E-state index in [9.17, 15) is 0 Å². The molecule has 1 aliphatic heterocycles. The Bertz CT molecular complexity index is 147. The standard InChI is InChI=1S/C11H22O2/c1-4-5-6-7-8-11(3)12-9-10(2)13-11/h10H,4-9H2,1-3H3/t10-,11-/m1/s1. The third kappa shape index (κ3) is 3.65. The number of ether oxygens (including phenoxy) is 2. The van der Waals surface area contributed by atoms with Gasteiger partial charge in [-0.2, -0.15) is 0 Å². The predicted octanol–water partition coefficient (Wildman–Crippen LogP) is 3.11. The highest BCUT2D eigenvalue weighted by Crippen LogP contribution is 2.28. The summed E-state index contributed by atoms with van der Waals surface area (Å²) in [5.41, 5.74) is 0. The van der Waals surface area contributed by atoms with Crippen molar-refractivity contribution in [3.63, 3.8) is 0 Å². The first-order valence-corrected chi connectivity index (χ1v) is 5.48. The first kappa shape index (κ1) is 11.0. The molecular weight excluding hydrogens is 164 g/mol. The van der Waals surface area contributed by atoms with Crippen molar-refractivity contribution in [1.29, 1.82) is 0 Å². The van der Waals surface area contributed by atoms with Crippen molar-refractivity contribution in [2.24, 2.45) is 0 Å². The Kier molecular flexibility index (Phi) is 4.20. The molecule has 1 fully saturated rings. The molecule has 1 aliphatic rings. The van der Waals surface area contributed by atoms with Crippen molar-refractivity contribution in [2.45, 2.75) is 64.8 Å². The zero-order chi connectivity index (χ0) is 9.73. The molecule has 0 radical (unpaired) electrons. The molecule has 0 unspecified atom stereocenters. The Morgan fingerprint density at radius 2 is 2.08 bits per heavy atom. The molecule has 78 valence electrons. The SMILES string of the molecule is CCCCCC[C@]1(C)OC[C@@H](C)O1. The maximum Gasteiger partial charge on any atom is 0.166 e. The van der Waals surface area contributed by atoms with E-state index in [-0.39, 0.29) is 11.9 Å². The molecule has 0 aromatic carbocycles. The van der Waals surface area contributed by atoms with Crippen LogP contribution in [0, 0.1) is 0 Å². The van der Waals surface area contributed by atoms with Crippen LogP contribution < -0.4 is 0 Å². The highest BCUT2D eigenvalue weighted by molar-refractivity contribution is 4.72. The van der Waals surface area contributed by atoms with Crippen LogP contribution in [-0.2, 0) is 9.47 Å². The summed E-state index contributed by atoms with van der Waals surface area (Å²) in [7, 11) is 0. The fourth-order valence-electron chi connectivity index (χ4n) is 1.79. The molecule has 0 aromatic heterocycles. The van der Waals surface area contributed by atoms with Crippen LogP contribution in [0.25, 0.3) is 0 Å². The second kappa shape index (κ2) is 4.97. The molecule has 0 aliphatic carbocycles. The minimum absolute atomic E-state index is 0.274. The Balaban J connectivity index is 2.12. The van der Waals surface area contributed by atoms with Gasteiger partial charge in [0.1, 0.15) is 0 Å². The zero-order valence-corrected chi connectivity index (χ0v) is 9.14. The molecule has 0 N–H and O–H groups in total. The van der Waals surface area contributed by atoms with Gasteiger partial charge in [0.15, 0.2) is 5.79 Å².